The van der Waals surface area contributed by atoms with Crippen molar-refractivity contribution in [3.63, 3.8) is 0 Å². The van der Waals surface area contributed by atoms with Crippen LogP contribution in [-0.2, 0) is 24.5 Å². The van der Waals surface area contributed by atoms with Gasteiger partial charge in [-0.05, 0) is 23.1 Å². The summed E-state index contributed by atoms with van der Waals surface area (Å²) in [5.74, 6) is -0.380. The molecule has 2 unspecified atom stereocenters. The van der Waals surface area contributed by atoms with Gasteiger partial charge in [-0.15, -0.1) is 0 Å². The lowest BCUT2D eigenvalue weighted by Crippen LogP contribution is -2.56. The minimum absolute atomic E-state index is 0.00961. The largest absolute Gasteiger partial charge is 0.364 e. The van der Waals surface area contributed by atoms with Gasteiger partial charge in [0.05, 0.1) is 30.1 Å². The second-order valence-corrected chi connectivity index (χ2v) is 9.20. The van der Waals surface area contributed by atoms with Gasteiger partial charge in [-0.3, -0.25) is 9.59 Å². The number of fused-ring (bicyclic) bond motifs is 4. The summed E-state index contributed by atoms with van der Waals surface area (Å²) in [5, 5.41) is 0. The molecule has 1 aromatic carbocycles. The third kappa shape index (κ3) is 1.43. The monoisotopic (exact) mass is 363 g/mol. The van der Waals surface area contributed by atoms with E-state index in [9.17, 15) is 9.59 Å². The molecule has 138 valence electrons. The van der Waals surface area contributed by atoms with Crippen LogP contribution >= 0.6 is 0 Å². The van der Waals surface area contributed by atoms with Crippen molar-refractivity contribution in [3.8, 4) is 0 Å². The zero-order chi connectivity index (χ0) is 18.8. The molecule has 0 aliphatic carbocycles. The van der Waals surface area contributed by atoms with Gasteiger partial charge in [-0.25, -0.2) is 4.90 Å². The summed E-state index contributed by atoms with van der Waals surface area (Å²) in [7, 11) is 0. The van der Waals surface area contributed by atoms with Crippen molar-refractivity contribution in [1.29, 1.82) is 0 Å². The maximum atomic E-state index is 13.7. The predicted octanol–water partition coefficient (Wildman–Crippen LogP) is 2.50. The summed E-state index contributed by atoms with van der Waals surface area (Å²) in [5.41, 5.74) is -0.128. The minimum Gasteiger partial charge on any atom is -0.364 e. The highest BCUT2D eigenvalue weighted by molar-refractivity contribution is 6.27. The smallest absolute Gasteiger partial charge is 0.247 e. The number of carbonyl (C=O) groups is 2. The molecule has 4 bridgehead atoms. The van der Waals surface area contributed by atoms with Crippen molar-refractivity contribution < 1.29 is 19.1 Å². The lowest BCUT2D eigenvalue weighted by Gasteiger charge is -2.37. The van der Waals surface area contributed by atoms with E-state index in [1.807, 2.05) is 48.6 Å². The van der Waals surface area contributed by atoms with E-state index in [-0.39, 0.29) is 17.2 Å². The number of carbonyl (C=O) groups excluding carboxylic acids is 2. The van der Waals surface area contributed by atoms with E-state index in [4.69, 9.17) is 9.47 Å². The second kappa shape index (κ2) is 4.42. The molecule has 1 aromatic rings. The summed E-state index contributed by atoms with van der Waals surface area (Å²) in [4.78, 5) is 28.9. The highest BCUT2D eigenvalue weighted by Crippen LogP contribution is 2.72. The van der Waals surface area contributed by atoms with Gasteiger partial charge >= 0.3 is 0 Å². The Bertz CT molecular complexity index is 878. The standard InChI is InChI=1S/C22H21NO4/c1-20(2,3)12-4-6-13(7-5-12)23-18(24)21-14-8-9-15(26-14)22(21,19(23)25)17-11-10-16(21)27-17/h4-11,14-17H,1-3H3/t14-,15+,16+,17-,21?,22?. The van der Waals surface area contributed by atoms with Crippen LogP contribution in [0.3, 0.4) is 0 Å². The van der Waals surface area contributed by atoms with Gasteiger partial charge in [0.15, 0.2) is 0 Å². The third-order valence-electron chi connectivity index (χ3n) is 7.09. The van der Waals surface area contributed by atoms with Crippen LogP contribution in [0.1, 0.15) is 26.3 Å². The van der Waals surface area contributed by atoms with Gasteiger partial charge in [0, 0.05) is 0 Å². The maximum absolute atomic E-state index is 13.7. The Balaban J connectivity index is 1.51. The Hall–Kier alpha value is -2.24. The van der Waals surface area contributed by atoms with Gasteiger partial charge in [-0.1, -0.05) is 57.2 Å². The van der Waals surface area contributed by atoms with Crippen molar-refractivity contribution in [2.24, 2.45) is 10.8 Å². The van der Waals surface area contributed by atoms with Crippen molar-refractivity contribution in [2.45, 2.75) is 50.6 Å². The first-order valence-electron chi connectivity index (χ1n) is 9.50. The molecule has 5 heteroatoms. The fourth-order valence-electron chi connectivity index (χ4n) is 5.85. The highest BCUT2D eigenvalue weighted by atomic mass is 16.6. The van der Waals surface area contributed by atoms with E-state index in [0.29, 0.717) is 5.69 Å². The molecule has 5 nitrogen and oxygen atoms in total. The first kappa shape index (κ1) is 15.8. The van der Waals surface area contributed by atoms with Crippen molar-refractivity contribution >= 4 is 17.5 Å². The highest BCUT2D eigenvalue weighted by Gasteiger charge is 2.89. The average Bonchev–Trinajstić information content (AvgIpc) is 3.40. The molecule has 2 amide bonds. The lowest BCUT2D eigenvalue weighted by atomic mass is 9.54. The summed E-state index contributed by atoms with van der Waals surface area (Å²) in [6.07, 6.45) is 6.10. The van der Waals surface area contributed by atoms with E-state index in [1.54, 1.807) is 0 Å². The van der Waals surface area contributed by atoms with Crippen LogP contribution in [0.5, 0.6) is 0 Å². The molecule has 0 radical (unpaired) electrons. The lowest BCUT2D eigenvalue weighted by molar-refractivity contribution is -0.132. The van der Waals surface area contributed by atoms with Crippen LogP contribution in [-0.4, -0.2) is 36.2 Å². The average molecular weight is 363 g/mol. The zero-order valence-electron chi connectivity index (χ0n) is 15.5. The van der Waals surface area contributed by atoms with Crippen LogP contribution in [0.4, 0.5) is 5.69 Å². The molecule has 6 rings (SSSR count). The van der Waals surface area contributed by atoms with Crippen molar-refractivity contribution in [2.75, 3.05) is 4.90 Å². The minimum atomic E-state index is -0.967. The Morgan fingerprint density at radius 1 is 0.778 bits per heavy atom. The van der Waals surface area contributed by atoms with E-state index in [1.165, 1.54) is 4.90 Å². The topological polar surface area (TPSA) is 55.8 Å². The van der Waals surface area contributed by atoms with Crippen LogP contribution in [0.2, 0.25) is 0 Å². The Labute approximate surface area is 157 Å². The van der Waals surface area contributed by atoms with Crippen LogP contribution in [0, 0.1) is 10.8 Å². The fourth-order valence-corrected chi connectivity index (χ4v) is 5.85. The summed E-state index contributed by atoms with van der Waals surface area (Å²) in [6.45, 7) is 6.42. The molecule has 5 aliphatic heterocycles. The maximum Gasteiger partial charge on any atom is 0.247 e. The number of rotatable bonds is 1. The van der Waals surface area contributed by atoms with Crippen molar-refractivity contribution in [3.05, 3.63) is 54.1 Å². The second-order valence-electron chi connectivity index (χ2n) is 9.20. The number of ether oxygens (including phenoxy) is 2. The number of anilines is 1. The first-order chi connectivity index (χ1) is 12.8. The quantitative estimate of drug-likeness (QED) is 0.568. The Morgan fingerprint density at radius 2 is 1.19 bits per heavy atom. The van der Waals surface area contributed by atoms with Gasteiger partial charge in [0.25, 0.3) is 0 Å². The van der Waals surface area contributed by atoms with Crippen LogP contribution in [0.25, 0.3) is 0 Å². The van der Waals surface area contributed by atoms with E-state index < -0.39 is 35.2 Å². The molecule has 3 saturated heterocycles. The van der Waals surface area contributed by atoms with E-state index in [0.717, 1.165) is 5.56 Å². The Kier molecular flexibility index (Phi) is 2.58. The van der Waals surface area contributed by atoms with Crippen molar-refractivity contribution in [1.82, 2.24) is 0 Å². The number of nitrogens with zero attached hydrogens (tertiary/aromatic N) is 1. The molecule has 27 heavy (non-hydrogen) atoms. The molecule has 5 heterocycles. The third-order valence-corrected chi connectivity index (χ3v) is 7.09. The number of imide groups is 1. The number of hydrogen-bond acceptors (Lipinski definition) is 4. The van der Waals surface area contributed by atoms with Gasteiger partial charge in [0.1, 0.15) is 10.8 Å². The number of amides is 2. The molecule has 0 N–H and O–H groups in total. The summed E-state index contributed by atoms with van der Waals surface area (Å²) >= 11 is 0. The summed E-state index contributed by atoms with van der Waals surface area (Å²) in [6, 6.07) is 7.77. The van der Waals surface area contributed by atoms with Gasteiger partial charge in [0.2, 0.25) is 11.8 Å². The molecule has 0 spiro atoms. The van der Waals surface area contributed by atoms with Gasteiger partial charge < -0.3 is 9.47 Å². The van der Waals surface area contributed by atoms with E-state index in [2.05, 4.69) is 20.8 Å². The van der Waals surface area contributed by atoms with E-state index >= 15 is 0 Å². The molecule has 0 saturated carbocycles. The van der Waals surface area contributed by atoms with Crippen LogP contribution < -0.4 is 4.90 Å². The Morgan fingerprint density at radius 3 is 1.56 bits per heavy atom. The molecule has 3 fully saturated rings. The molecular formula is C22H21NO4. The van der Waals surface area contributed by atoms with Crippen LogP contribution in [0.15, 0.2) is 48.6 Å². The molecule has 0 aromatic heterocycles. The zero-order valence-corrected chi connectivity index (χ0v) is 15.5. The molecular weight excluding hydrogens is 342 g/mol. The summed E-state index contributed by atoms with van der Waals surface area (Å²) < 4.78 is 12.1. The fraction of sp³-hybridized carbons (Fsp3) is 0.455. The molecule has 5 aliphatic rings. The number of benzene rings is 1. The SMILES string of the molecule is CC(C)(C)c1ccc(N2C(=O)C34[C@@H]5C=C[C@@H](O5)C3(C2=O)[C@@H]2C=C[C@H]4O2)cc1. The first-order valence-corrected chi connectivity index (χ1v) is 9.50. The predicted molar refractivity (Wildman–Crippen MR) is 98.1 cm³/mol. The normalized spacial score (nSPS) is 43.1. The number of hydrogen-bond donors (Lipinski definition) is 0. The van der Waals surface area contributed by atoms with Gasteiger partial charge in [-0.2, -0.15) is 0 Å². The molecule has 6 atom stereocenters.